The molecule has 2 fully saturated rings. The third kappa shape index (κ3) is 5.33. The van der Waals surface area contributed by atoms with E-state index in [1.54, 1.807) is 18.2 Å². The highest BCUT2D eigenvalue weighted by atomic mass is 32.2. The van der Waals surface area contributed by atoms with E-state index in [0.717, 1.165) is 18.8 Å². The Kier molecular flexibility index (Phi) is 7.12. The smallest absolute Gasteiger partial charge is 0.251 e. The molecule has 1 heterocycles. The number of nitrogens with zero attached hydrogens (tertiary/aromatic N) is 1. The monoisotopic (exact) mass is 408 g/mol. The molecule has 6 nitrogen and oxygen atoms in total. The van der Waals surface area contributed by atoms with Gasteiger partial charge >= 0.3 is 0 Å². The molecule has 1 aliphatic carbocycles. The van der Waals surface area contributed by atoms with Crippen molar-refractivity contribution >= 4 is 15.9 Å². The molecule has 2 atom stereocenters. The Morgan fingerprint density at radius 3 is 2.54 bits per heavy atom. The number of ether oxygens (including phenoxy) is 1. The molecule has 1 aromatic carbocycles. The van der Waals surface area contributed by atoms with Crippen LogP contribution in [0.1, 0.15) is 62.7 Å². The zero-order valence-corrected chi connectivity index (χ0v) is 17.7. The van der Waals surface area contributed by atoms with E-state index in [1.807, 2.05) is 13.8 Å². The maximum atomic E-state index is 13.0. The number of sulfonamides is 1. The van der Waals surface area contributed by atoms with Crippen LogP contribution >= 0.6 is 0 Å². The van der Waals surface area contributed by atoms with Gasteiger partial charge < -0.3 is 10.1 Å². The first kappa shape index (κ1) is 21.3. The number of benzene rings is 1. The number of hydrogen-bond acceptors (Lipinski definition) is 4. The summed E-state index contributed by atoms with van der Waals surface area (Å²) in [6.45, 7) is 5.01. The maximum absolute atomic E-state index is 13.0. The van der Waals surface area contributed by atoms with Crippen molar-refractivity contribution in [2.75, 3.05) is 19.6 Å². The average Bonchev–Trinajstić information content (AvgIpc) is 3.18. The molecular formula is C21H32N2O4S. The van der Waals surface area contributed by atoms with Crippen LogP contribution in [0.5, 0.6) is 0 Å². The molecule has 0 bridgehead atoms. The summed E-state index contributed by atoms with van der Waals surface area (Å²) in [6.07, 6.45) is 7.12. The Balaban J connectivity index is 1.60. The topological polar surface area (TPSA) is 75.7 Å². The fourth-order valence-corrected chi connectivity index (χ4v) is 5.90. The maximum Gasteiger partial charge on any atom is 0.251 e. The number of morpholine rings is 1. The molecule has 1 saturated heterocycles. The van der Waals surface area contributed by atoms with Gasteiger partial charge in [-0.15, -0.1) is 0 Å². The Morgan fingerprint density at radius 2 is 1.86 bits per heavy atom. The van der Waals surface area contributed by atoms with Crippen molar-refractivity contribution in [1.29, 1.82) is 0 Å². The van der Waals surface area contributed by atoms with E-state index in [0.29, 0.717) is 25.2 Å². The fourth-order valence-electron chi connectivity index (χ4n) is 4.27. The van der Waals surface area contributed by atoms with Gasteiger partial charge in [-0.05, 0) is 50.8 Å². The predicted molar refractivity (Wildman–Crippen MR) is 109 cm³/mol. The third-order valence-corrected chi connectivity index (χ3v) is 7.50. The first-order valence-corrected chi connectivity index (χ1v) is 11.8. The average molecular weight is 409 g/mol. The second-order valence-electron chi connectivity index (χ2n) is 8.16. The summed E-state index contributed by atoms with van der Waals surface area (Å²) in [5.74, 6) is 0.593. The molecule has 3 rings (SSSR count). The lowest BCUT2D eigenvalue weighted by Gasteiger charge is -2.34. The number of carbonyl (C=O) groups is 1. The van der Waals surface area contributed by atoms with Gasteiger partial charge in [0.05, 0.1) is 17.1 Å². The van der Waals surface area contributed by atoms with Gasteiger partial charge in [0.25, 0.3) is 5.91 Å². The Morgan fingerprint density at radius 1 is 1.18 bits per heavy atom. The molecule has 0 spiro atoms. The first-order chi connectivity index (χ1) is 13.4. The molecule has 0 radical (unpaired) electrons. The van der Waals surface area contributed by atoms with E-state index in [4.69, 9.17) is 4.74 Å². The van der Waals surface area contributed by atoms with Crippen LogP contribution in [0.3, 0.4) is 0 Å². The van der Waals surface area contributed by atoms with E-state index >= 15 is 0 Å². The molecule has 1 aliphatic heterocycles. The van der Waals surface area contributed by atoms with E-state index in [-0.39, 0.29) is 23.0 Å². The highest BCUT2D eigenvalue weighted by Crippen LogP contribution is 2.28. The normalized spacial score (nSPS) is 24.4. The van der Waals surface area contributed by atoms with Gasteiger partial charge in [-0.2, -0.15) is 4.31 Å². The lowest BCUT2D eigenvalue weighted by molar-refractivity contribution is -0.0440. The lowest BCUT2D eigenvalue weighted by atomic mass is 10.0. The minimum atomic E-state index is -3.65. The van der Waals surface area contributed by atoms with Crippen LogP contribution in [0, 0.1) is 5.92 Å². The Labute approximate surface area is 168 Å². The lowest BCUT2D eigenvalue weighted by Crippen LogP contribution is -2.48. The molecule has 0 aromatic heterocycles. The molecule has 1 amide bonds. The van der Waals surface area contributed by atoms with Gasteiger partial charge in [0.15, 0.2) is 0 Å². The van der Waals surface area contributed by atoms with Crippen LogP contribution in [-0.2, 0) is 14.8 Å². The number of nitrogens with one attached hydrogen (secondary N) is 1. The molecule has 1 aromatic rings. The van der Waals surface area contributed by atoms with Crippen LogP contribution in [0.4, 0.5) is 0 Å². The zero-order valence-electron chi connectivity index (χ0n) is 16.9. The number of amides is 1. The van der Waals surface area contributed by atoms with Gasteiger partial charge in [0, 0.05) is 25.2 Å². The molecule has 28 heavy (non-hydrogen) atoms. The molecule has 7 heteroatoms. The van der Waals surface area contributed by atoms with Gasteiger partial charge in [0.2, 0.25) is 10.0 Å². The van der Waals surface area contributed by atoms with Crippen LogP contribution in [0.2, 0.25) is 0 Å². The van der Waals surface area contributed by atoms with E-state index in [2.05, 4.69) is 5.32 Å². The molecule has 1 saturated carbocycles. The first-order valence-electron chi connectivity index (χ1n) is 10.4. The third-order valence-electron chi connectivity index (χ3n) is 5.67. The summed E-state index contributed by atoms with van der Waals surface area (Å²) < 4.78 is 33.1. The summed E-state index contributed by atoms with van der Waals surface area (Å²) in [5, 5.41) is 2.93. The Hall–Kier alpha value is -1.44. The largest absolute Gasteiger partial charge is 0.373 e. The van der Waals surface area contributed by atoms with Crippen molar-refractivity contribution in [3.8, 4) is 0 Å². The van der Waals surface area contributed by atoms with Crippen molar-refractivity contribution in [3.05, 3.63) is 29.8 Å². The van der Waals surface area contributed by atoms with Gasteiger partial charge in [0.1, 0.15) is 0 Å². The van der Waals surface area contributed by atoms with Crippen LogP contribution in [0.15, 0.2) is 29.2 Å². The van der Waals surface area contributed by atoms with Crippen molar-refractivity contribution < 1.29 is 17.9 Å². The summed E-state index contributed by atoms with van der Waals surface area (Å²) in [4.78, 5) is 12.6. The minimum absolute atomic E-state index is 0.148. The number of carbonyl (C=O) groups excluding carboxylic acids is 1. The van der Waals surface area contributed by atoms with Gasteiger partial charge in [-0.25, -0.2) is 8.42 Å². The molecular weight excluding hydrogens is 376 g/mol. The highest BCUT2D eigenvalue weighted by Gasteiger charge is 2.32. The van der Waals surface area contributed by atoms with Crippen LogP contribution < -0.4 is 5.32 Å². The SMILES string of the molecule is C[C@H]1CN(S(=O)(=O)c2cccc(C(=O)NCCCC3CCCC3)c2)C[C@H](C)O1. The zero-order chi connectivity index (χ0) is 20.1. The van der Waals surface area contributed by atoms with Gasteiger partial charge in [-0.3, -0.25) is 4.79 Å². The molecule has 0 unspecified atom stereocenters. The molecule has 2 aliphatic rings. The summed E-state index contributed by atoms with van der Waals surface area (Å²) in [7, 11) is -3.65. The quantitative estimate of drug-likeness (QED) is 0.703. The summed E-state index contributed by atoms with van der Waals surface area (Å²) in [5.41, 5.74) is 0.385. The number of hydrogen-bond donors (Lipinski definition) is 1. The van der Waals surface area contributed by atoms with Crippen LogP contribution in [-0.4, -0.2) is 50.5 Å². The van der Waals surface area contributed by atoms with Gasteiger partial charge in [-0.1, -0.05) is 31.7 Å². The van der Waals surface area contributed by atoms with Crippen molar-refractivity contribution in [2.45, 2.75) is 69.5 Å². The van der Waals surface area contributed by atoms with Crippen molar-refractivity contribution in [2.24, 2.45) is 5.92 Å². The standard InChI is InChI=1S/C21H32N2O4S/c1-16-14-23(15-17(2)27-16)28(25,26)20-11-5-10-19(13-20)21(24)22-12-6-9-18-7-3-4-8-18/h5,10-11,13,16-18H,3-4,6-9,12,14-15H2,1-2H3,(H,22,24)/t16-,17-/m0/s1. The number of rotatable bonds is 7. The highest BCUT2D eigenvalue weighted by molar-refractivity contribution is 7.89. The van der Waals surface area contributed by atoms with Crippen molar-refractivity contribution in [1.82, 2.24) is 9.62 Å². The summed E-state index contributed by atoms with van der Waals surface area (Å²) >= 11 is 0. The van der Waals surface area contributed by atoms with Crippen LogP contribution in [0.25, 0.3) is 0 Å². The predicted octanol–water partition coefficient (Wildman–Crippen LogP) is 3.18. The second-order valence-corrected chi connectivity index (χ2v) is 10.1. The molecule has 1 N–H and O–H groups in total. The molecule has 156 valence electrons. The minimum Gasteiger partial charge on any atom is -0.373 e. The van der Waals surface area contributed by atoms with E-state index < -0.39 is 10.0 Å². The van der Waals surface area contributed by atoms with E-state index in [1.165, 1.54) is 36.1 Å². The summed E-state index contributed by atoms with van der Waals surface area (Å²) in [6, 6.07) is 6.33. The second kappa shape index (κ2) is 9.37. The Bertz CT molecular complexity index is 764. The van der Waals surface area contributed by atoms with E-state index in [9.17, 15) is 13.2 Å². The van der Waals surface area contributed by atoms with Crippen molar-refractivity contribution in [3.63, 3.8) is 0 Å². The fraction of sp³-hybridized carbons (Fsp3) is 0.667.